The van der Waals surface area contributed by atoms with Gasteiger partial charge in [0.15, 0.2) is 0 Å². The number of nitrogens with two attached hydrogens (primary N) is 1. The van der Waals surface area contributed by atoms with Gasteiger partial charge >= 0.3 is 0 Å². The van der Waals surface area contributed by atoms with Crippen LogP contribution in [0.1, 0.15) is 56.3 Å². The van der Waals surface area contributed by atoms with Crippen LogP contribution in [0.2, 0.25) is 0 Å². The van der Waals surface area contributed by atoms with Gasteiger partial charge in [-0.25, -0.2) is 0 Å². The van der Waals surface area contributed by atoms with Crippen LogP contribution in [-0.4, -0.2) is 17.7 Å². The highest BCUT2D eigenvalue weighted by atomic mass is 16.5. The molecule has 3 heteroatoms. The molecule has 100 valence electrons. The number of hydrogen-bond acceptors (Lipinski definition) is 3. The summed E-state index contributed by atoms with van der Waals surface area (Å²) in [5.74, 6) is 0. The summed E-state index contributed by atoms with van der Waals surface area (Å²) in [5, 5.41) is 0. The topological polar surface area (TPSA) is 48.1 Å². The molecule has 1 aliphatic rings. The van der Waals surface area contributed by atoms with E-state index in [0.29, 0.717) is 6.10 Å². The summed E-state index contributed by atoms with van der Waals surface area (Å²) in [6.07, 6.45) is 9.04. The van der Waals surface area contributed by atoms with Crippen molar-refractivity contribution in [1.82, 2.24) is 4.98 Å². The average Bonchev–Trinajstić information content (AvgIpc) is 2.91. The maximum Gasteiger partial charge on any atom is 0.0602 e. The molecule has 0 bridgehead atoms. The highest BCUT2D eigenvalue weighted by Crippen LogP contribution is 2.22. The summed E-state index contributed by atoms with van der Waals surface area (Å²) >= 11 is 0. The van der Waals surface area contributed by atoms with Crippen LogP contribution in [0.25, 0.3) is 0 Å². The molecule has 2 heterocycles. The summed E-state index contributed by atoms with van der Waals surface area (Å²) in [6.45, 7) is 3.09. The van der Waals surface area contributed by atoms with Gasteiger partial charge < -0.3 is 10.5 Å². The first kappa shape index (κ1) is 13.5. The Hall–Kier alpha value is -0.930. The van der Waals surface area contributed by atoms with E-state index in [1.165, 1.54) is 18.4 Å². The first-order valence-corrected chi connectivity index (χ1v) is 7.12. The molecular formula is C15H24N2O. The zero-order chi connectivity index (χ0) is 12.8. The summed E-state index contributed by atoms with van der Waals surface area (Å²) in [6, 6.07) is 4.19. The van der Waals surface area contributed by atoms with E-state index in [1.807, 2.05) is 12.3 Å². The zero-order valence-corrected chi connectivity index (χ0v) is 11.3. The lowest BCUT2D eigenvalue weighted by Crippen LogP contribution is -2.15. The fourth-order valence-corrected chi connectivity index (χ4v) is 2.66. The molecule has 0 radical (unpaired) electrons. The Morgan fingerprint density at radius 2 is 2.44 bits per heavy atom. The minimum atomic E-state index is 0.0718. The van der Waals surface area contributed by atoms with Crippen molar-refractivity contribution in [2.24, 2.45) is 5.73 Å². The Labute approximate surface area is 110 Å². The summed E-state index contributed by atoms with van der Waals surface area (Å²) in [5.41, 5.74) is 8.61. The molecule has 1 aromatic heterocycles. The highest BCUT2D eigenvalue weighted by Gasteiger charge is 2.16. The molecule has 0 saturated carbocycles. The largest absolute Gasteiger partial charge is 0.378 e. The van der Waals surface area contributed by atoms with E-state index in [9.17, 15) is 0 Å². The van der Waals surface area contributed by atoms with Gasteiger partial charge in [0.05, 0.1) is 11.8 Å². The molecule has 2 unspecified atom stereocenters. The molecule has 1 aliphatic heterocycles. The normalized spacial score (nSPS) is 21.1. The fourth-order valence-electron chi connectivity index (χ4n) is 2.66. The van der Waals surface area contributed by atoms with Crippen LogP contribution in [-0.2, 0) is 11.2 Å². The predicted molar refractivity (Wildman–Crippen MR) is 73.4 cm³/mol. The second kappa shape index (κ2) is 6.86. The average molecular weight is 248 g/mol. The number of aryl methyl sites for hydroxylation is 1. The van der Waals surface area contributed by atoms with E-state index in [1.54, 1.807) is 0 Å². The quantitative estimate of drug-likeness (QED) is 0.842. The van der Waals surface area contributed by atoms with Crippen molar-refractivity contribution < 1.29 is 4.74 Å². The van der Waals surface area contributed by atoms with Gasteiger partial charge in [-0.15, -0.1) is 0 Å². The molecule has 0 aliphatic carbocycles. The zero-order valence-electron chi connectivity index (χ0n) is 11.3. The molecule has 0 spiro atoms. The SMILES string of the molecule is CCc1cccnc1C(N)CCCC1CCCO1. The number of rotatable bonds is 6. The van der Waals surface area contributed by atoms with E-state index in [0.717, 1.165) is 38.0 Å². The van der Waals surface area contributed by atoms with Crippen molar-refractivity contribution >= 4 is 0 Å². The molecule has 2 rings (SSSR count). The molecule has 2 atom stereocenters. The first-order valence-electron chi connectivity index (χ1n) is 7.12. The molecule has 1 fully saturated rings. The third-order valence-electron chi connectivity index (χ3n) is 3.72. The fraction of sp³-hybridized carbons (Fsp3) is 0.667. The third-order valence-corrected chi connectivity index (χ3v) is 3.72. The Morgan fingerprint density at radius 3 is 3.17 bits per heavy atom. The number of nitrogens with zero attached hydrogens (tertiary/aromatic N) is 1. The van der Waals surface area contributed by atoms with Crippen LogP contribution in [0.15, 0.2) is 18.3 Å². The second-order valence-corrected chi connectivity index (χ2v) is 5.07. The van der Waals surface area contributed by atoms with Crippen molar-refractivity contribution in [2.75, 3.05) is 6.61 Å². The van der Waals surface area contributed by atoms with E-state index >= 15 is 0 Å². The lowest BCUT2D eigenvalue weighted by molar-refractivity contribution is 0.101. The maximum atomic E-state index is 6.25. The van der Waals surface area contributed by atoms with Gasteiger partial charge in [-0.05, 0) is 50.2 Å². The van der Waals surface area contributed by atoms with E-state index < -0.39 is 0 Å². The third kappa shape index (κ3) is 3.53. The molecule has 0 amide bonds. The number of ether oxygens (including phenoxy) is 1. The van der Waals surface area contributed by atoms with Crippen molar-refractivity contribution in [1.29, 1.82) is 0 Å². The predicted octanol–water partition coefficient (Wildman–Crippen LogP) is 2.99. The van der Waals surface area contributed by atoms with E-state index in [-0.39, 0.29) is 6.04 Å². The number of hydrogen-bond donors (Lipinski definition) is 1. The maximum absolute atomic E-state index is 6.25. The van der Waals surface area contributed by atoms with E-state index in [2.05, 4.69) is 18.0 Å². The van der Waals surface area contributed by atoms with Crippen LogP contribution < -0.4 is 5.73 Å². The Morgan fingerprint density at radius 1 is 1.56 bits per heavy atom. The van der Waals surface area contributed by atoms with Crippen molar-refractivity contribution in [2.45, 2.75) is 57.6 Å². The van der Waals surface area contributed by atoms with Gasteiger partial charge in [-0.1, -0.05) is 13.0 Å². The monoisotopic (exact) mass is 248 g/mol. The Kier molecular flexibility index (Phi) is 5.14. The lowest BCUT2D eigenvalue weighted by atomic mass is 9.99. The van der Waals surface area contributed by atoms with Gasteiger partial charge in [0.2, 0.25) is 0 Å². The van der Waals surface area contributed by atoms with Crippen LogP contribution in [0, 0.1) is 0 Å². The van der Waals surface area contributed by atoms with Crippen LogP contribution in [0.3, 0.4) is 0 Å². The first-order chi connectivity index (χ1) is 8.81. The molecule has 1 saturated heterocycles. The van der Waals surface area contributed by atoms with Crippen molar-refractivity contribution in [3.05, 3.63) is 29.6 Å². The van der Waals surface area contributed by atoms with Crippen LogP contribution in [0.5, 0.6) is 0 Å². The molecule has 2 N–H and O–H groups in total. The minimum absolute atomic E-state index is 0.0718. The van der Waals surface area contributed by atoms with Crippen LogP contribution >= 0.6 is 0 Å². The van der Waals surface area contributed by atoms with Gasteiger partial charge in [0.25, 0.3) is 0 Å². The van der Waals surface area contributed by atoms with Crippen molar-refractivity contribution in [3.8, 4) is 0 Å². The lowest BCUT2D eigenvalue weighted by Gasteiger charge is -2.15. The summed E-state index contributed by atoms with van der Waals surface area (Å²) < 4.78 is 5.63. The van der Waals surface area contributed by atoms with Crippen molar-refractivity contribution in [3.63, 3.8) is 0 Å². The standard InChI is InChI=1S/C15H24N2O/c1-2-12-6-4-10-17-15(12)14(16)9-3-7-13-8-5-11-18-13/h4,6,10,13-14H,2-3,5,7-9,11,16H2,1H3. The Balaban J connectivity index is 1.81. The summed E-state index contributed by atoms with van der Waals surface area (Å²) in [7, 11) is 0. The number of aromatic nitrogens is 1. The smallest absolute Gasteiger partial charge is 0.0602 e. The number of pyridine rings is 1. The minimum Gasteiger partial charge on any atom is -0.378 e. The molecule has 3 nitrogen and oxygen atoms in total. The van der Waals surface area contributed by atoms with E-state index in [4.69, 9.17) is 10.5 Å². The second-order valence-electron chi connectivity index (χ2n) is 5.07. The van der Waals surface area contributed by atoms with Gasteiger partial charge in [0.1, 0.15) is 0 Å². The van der Waals surface area contributed by atoms with Crippen LogP contribution in [0.4, 0.5) is 0 Å². The molecule has 1 aromatic rings. The van der Waals surface area contributed by atoms with Gasteiger partial charge in [-0.2, -0.15) is 0 Å². The van der Waals surface area contributed by atoms with Gasteiger partial charge in [0, 0.05) is 18.8 Å². The molecular weight excluding hydrogens is 224 g/mol. The molecule has 18 heavy (non-hydrogen) atoms. The summed E-state index contributed by atoms with van der Waals surface area (Å²) in [4.78, 5) is 4.44. The molecule has 0 aromatic carbocycles. The van der Waals surface area contributed by atoms with Gasteiger partial charge in [-0.3, -0.25) is 4.98 Å². The highest BCUT2D eigenvalue weighted by molar-refractivity contribution is 5.22. The Bertz CT molecular complexity index is 361.